The maximum absolute atomic E-state index is 5.46. The molecular formula is C20H22N6O. The van der Waals surface area contributed by atoms with Crippen LogP contribution < -0.4 is 15.5 Å². The number of pyridine rings is 1. The van der Waals surface area contributed by atoms with E-state index in [1.807, 2.05) is 42.5 Å². The van der Waals surface area contributed by atoms with Crippen LogP contribution in [0, 0.1) is 0 Å². The third kappa shape index (κ3) is 4.51. The van der Waals surface area contributed by atoms with E-state index in [0.717, 1.165) is 49.2 Å². The Morgan fingerprint density at radius 2 is 1.78 bits per heavy atom. The maximum atomic E-state index is 5.46. The number of hydrogen-bond acceptors (Lipinski definition) is 7. The summed E-state index contributed by atoms with van der Waals surface area (Å²) in [6, 6.07) is 15.9. The first-order valence-electron chi connectivity index (χ1n) is 9.04. The molecule has 1 saturated heterocycles. The van der Waals surface area contributed by atoms with Gasteiger partial charge in [0, 0.05) is 25.5 Å². The van der Waals surface area contributed by atoms with E-state index in [2.05, 4.69) is 36.6 Å². The smallest absolute Gasteiger partial charge is 0.229 e. The van der Waals surface area contributed by atoms with Crippen molar-refractivity contribution in [3.63, 3.8) is 0 Å². The van der Waals surface area contributed by atoms with E-state index in [1.165, 1.54) is 0 Å². The molecule has 4 rings (SSSR count). The summed E-state index contributed by atoms with van der Waals surface area (Å²) in [4.78, 5) is 15.5. The van der Waals surface area contributed by atoms with E-state index in [-0.39, 0.29) is 0 Å². The number of nitrogens with one attached hydrogen (secondary N) is 2. The monoisotopic (exact) mass is 362 g/mol. The van der Waals surface area contributed by atoms with Gasteiger partial charge >= 0.3 is 0 Å². The van der Waals surface area contributed by atoms with Gasteiger partial charge in [-0.05, 0) is 30.3 Å². The highest BCUT2D eigenvalue weighted by atomic mass is 16.5. The molecule has 1 aliphatic rings. The summed E-state index contributed by atoms with van der Waals surface area (Å²) >= 11 is 0. The lowest BCUT2D eigenvalue weighted by atomic mass is 10.2. The average molecular weight is 362 g/mol. The highest BCUT2D eigenvalue weighted by Gasteiger charge is 2.15. The molecule has 1 aromatic carbocycles. The molecule has 0 atom stereocenters. The first kappa shape index (κ1) is 17.2. The van der Waals surface area contributed by atoms with Crippen LogP contribution in [0.4, 0.5) is 23.1 Å². The molecule has 3 aromatic rings. The minimum atomic E-state index is 0.557. The number of morpholine rings is 1. The van der Waals surface area contributed by atoms with E-state index in [0.29, 0.717) is 12.5 Å². The zero-order chi connectivity index (χ0) is 18.3. The average Bonchev–Trinajstić information content (AvgIpc) is 2.74. The van der Waals surface area contributed by atoms with E-state index in [4.69, 9.17) is 4.74 Å². The molecule has 7 nitrogen and oxygen atoms in total. The van der Waals surface area contributed by atoms with Crippen molar-refractivity contribution >= 4 is 23.1 Å². The molecule has 138 valence electrons. The van der Waals surface area contributed by atoms with Gasteiger partial charge in [0.1, 0.15) is 5.82 Å². The normalized spacial score (nSPS) is 14.0. The van der Waals surface area contributed by atoms with Crippen molar-refractivity contribution in [2.45, 2.75) is 6.54 Å². The van der Waals surface area contributed by atoms with Crippen molar-refractivity contribution < 1.29 is 4.74 Å². The van der Waals surface area contributed by atoms with Crippen LogP contribution in [0.15, 0.2) is 60.9 Å². The predicted octanol–water partition coefficient (Wildman–Crippen LogP) is 3.06. The summed E-state index contributed by atoms with van der Waals surface area (Å²) < 4.78 is 5.46. The van der Waals surface area contributed by atoms with Crippen LogP contribution in [0.2, 0.25) is 0 Å². The third-order valence-electron chi connectivity index (χ3n) is 4.33. The van der Waals surface area contributed by atoms with Crippen LogP contribution in [-0.4, -0.2) is 41.3 Å². The number of ether oxygens (including phenoxy) is 1. The van der Waals surface area contributed by atoms with Crippen LogP contribution in [-0.2, 0) is 11.3 Å². The number of hydrogen-bond donors (Lipinski definition) is 2. The second kappa shape index (κ2) is 8.46. The lowest BCUT2D eigenvalue weighted by Crippen LogP contribution is -2.36. The Hall–Kier alpha value is -3.19. The molecule has 7 heteroatoms. The van der Waals surface area contributed by atoms with Gasteiger partial charge in [-0.25, -0.2) is 4.98 Å². The molecule has 3 heterocycles. The molecule has 1 aliphatic heterocycles. The second-order valence-corrected chi connectivity index (χ2v) is 6.18. The fourth-order valence-electron chi connectivity index (χ4n) is 2.98. The van der Waals surface area contributed by atoms with Crippen LogP contribution in [0.3, 0.4) is 0 Å². The molecule has 2 aromatic heterocycles. The lowest BCUT2D eigenvalue weighted by Gasteiger charge is -2.30. The van der Waals surface area contributed by atoms with Gasteiger partial charge in [-0.2, -0.15) is 4.98 Å². The highest BCUT2D eigenvalue weighted by molar-refractivity contribution is 5.73. The third-order valence-corrected chi connectivity index (χ3v) is 4.33. The van der Waals surface area contributed by atoms with Crippen molar-refractivity contribution in [2.24, 2.45) is 0 Å². The topological polar surface area (TPSA) is 75.2 Å². The molecule has 1 fully saturated rings. The van der Waals surface area contributed by atoms with Crippen molar-refractivity contribution in [1.29, 1.82) is 0 Å². The molecule has 0 saturated carbocycles. The van der Waals surface area contributed by atoms with Crippen LogP contribution in [0.1, 0.15) is 5.69 Å². The standard InChI is InChI=1S/C20H22N6O/c1-2-7-18(26-11-13-27-14-12-26)17(6-1)24-20-22-10-8-19(25-20)23-15-16-5-3-4-9-21-16/h1-10H,11-15H2,(H2,22,23,24,25). The molecule has 0 unspecified atom stereocenters. The van der Waals surface area contributed by atoms with Crippen molar-refractivity contribution in [2.75, 3.05) is 41.8 Å². The fourth-order valence-corrected chi connectivity index (χ4v) is 2.98. The van der Waals surface area contributed by atoms with Gasteiger partial charge in [-0.3, -0.25) is 4.98 Å². The lowest BCUT2D eigenvalue weighted by molar-refractivity contribution is 0.123. The molecule has 0 radical (unpaired) electrons. The molecule has 0 amide bonds. The fraction of sp³-hybridized carbons (Fsp3) is 0.250. The Morgan fingerprint density at radius 1 is 0.926 bits per heavy atom. The quantitative estimate of drug-likeness (QED) is 0.698. The molecule has 0 spiro atoms. The van der Waals surface area contributed by atoms with Gasteiger partial charge < -0.3 is 20.3 Å². The van der Waals surface area contributed by atoms with Crippen molar-refractivity contribution in [3.05, 3.63) is 66.6 Å². The zero-order valence-electron chi connectivity index (χ0n) is 15.0. The molecule has 27 heavy (non-hydrogen) atoms. The van der Waals surface area contributed by atoms with E-state index >= 15 is 0 Å². The summed E-state index contributed by atoms with van der Waals surface area (Å²) in [5.41, 5.74) is 3.08. The Kier molecular flexibility index (Phi) is 5.40. The van der Waals surface area contributed by atoms with E-state index in [1.54, 1.807) is 12.4 Å². The van der Waals surface area contributed by atoms with Gasteiger partial charge in [0.25, 0.3) is 0 Å². The Balaban J connectivity index is 1.47. The number of anilines is 4. The molecule has 0 bridgehead atoms. The van der Waals surface area contributed by atoms with Gasteiger partial charge in [0.2, 0.25) is 5.95 Å². The van der Waals surface area contributed by atoms with Crippen LogP contribution in [0.5, 0.6) is 0 Å². The first-order chi connectivity index (χ1) is 13.4. The Morgan fingerprint density at radius 3 is 2.63 bits per heavy atom. The number of para-hydroxylation sites is 2. The van der Waals surface area contributed by atoms with E-state index < -0.39 is 0 Å². The minimum absolute atomic E-state index is 0.557. The predicted molar refractivity (Wildman–Crippen MR) is 106 cm³/mol. The summed E-state index contributed by atoms with van der Waals surface area (Å²) in [6.45, 7) is 3.87. The Labute approximate surface area is 158 Å². The molecule has 2 N–H and O–H groups in total. The maximum Gasteiger partial charge on any atom is 0.229 e. The van der Waals surface area contributed by atoms with Gasteiger partial charge in [0.15, 0.2) is 0 Å². The summed E-state index contributed by atoms with van der Waals surface area (Å²) in [5.74, 6) is 1.31. The molecule has 0 aliphatic carbocycles. The second-order valence-electron chi connectivity index (χ2n) is 6.18. The van der Waals surface area contributed by atoms with Crippen molar-refractivity contribution in [3.8, 4) is 0 Å². The van der Waals surface area contributed by atoms with E-state index in [9.17, 15) is 0 Å². The SMILES string of the molecule is c1ccc(CNc2ccnc(Nc3ccccc3N3CCOCC3)n2)nc1. The molecular weight excluding hydrogens is 340 g/mol. The first-order valence-corrected chi connectivity index (χ1v) is 9.04. The van der Waals surface area contributed by atoms with Crippen LogP contribution >= 0.6 is 0 Å². The zero-order valence-corrected chi connectivity index (χ0v) is 15.0. The summed E-state index contributed by atoms with van der Waals surface area (Å²) in [7, 11) is 0. The van der Waals surface area contributed by atoms with Gasteiger partial charge in [0.05, 0.1) is 36.8 Å². The number of benzene rings is 1. The summed E-state index contributed by atoms with van der Waals surface area (Å²) in [6.07, 6.45) is 3.53. The number of rotatable bonds is 6. The largest absolute Gasteiger partial charge is 0.378 e. The van der Waals surface area contributed by atoms with Gasteiger partial charge in [-0.1, -0.05) is 18.2 Å². The number of aromatic nitrogens is 3. The number of nitrogens with zero attached hydrogens (tertiary/aromatic N) is 4. The van der Waals surface area contributed by atoms with Crippen LogP contribution in [0.25, 0.3) is 0 Å². The summed E-state index contributed by atoms with van der Waals surface area (Å²) in [5, 5.41) is 6.63. The van der Waals surface area contributed by atoms with Gasteiger partial charge in [-0.15, -0.1) is 0 Å². The minimum Gasteiger partial charge on any atom is -0.378 e. The van der Waals surface area contributed by atoms with Crippen molar-refractivity contribution in [1.82, 2.24) is 15.0 Å². The highest BCUT2D eigenvalue weighted by Crippen LogP contribution is 2.28. The Bertz CT molecular complexity index is 867.